The maximum absolute atomic E-state index is 13.4. The van der Waals surface area contributed by atoms with Gasteiger partial charge in [-0.05, 0) is 36.2 Å². The molecule has 0 atom stereocenters. The molecule has 0 aromatic heterocycles. The SMILES string of the molecule is Cc1ccc(C(=O)NCc2ccccc2Br)cc1F. The van der Waals surface area contributed by atoms with Crippen molar-refractivity contribution in [2.45, 2.75) is 13.5 Å². The summed E-state index contributed by atoms with van der Waals surface area (Å²) in [6.45, 7) is 2.06. The average molecular weight is 322 g/mol. The quantitative estimate of drug-likeness (QED) is 0.914. The standard InChI is InChI=1S/C15H13BrFNO/c1-10-6-7-11(8-14(10)17)15(19)18-9-12-4-2-3-5-13(12)16/h2-8H,9H2,1H3,(H,18,19). The van der Waals surface area contributed by atoms with Gasteiger partial charge in [0.15, 0.2) is 0 Å². The third-order valence-electron chi connectivity index (χ3n) is 2.83. The molecule has 2 aromatic rings. The minimum atomic E-state index is -0.367. The molecule has 1 N–H and O–H groups in total. The number of hydrogen-bond acceptors (Lipinski definition) is 1. The predicted molar refractivity (Wildman–Crippen MR) is 76.4 cm³/mol. The van der Waals surface area contributed by atoms with Gasteiger partial charge < -0.3 is 5.32 Å². The van der Waals surface area contributed by atoms with Crippen LogP contribution in [0.1, 0.15) is 21.5 Å². The molecule has 0 aliphatic rings. The number of carbonyl (C=O) groups is 1. The maximum atomic E-state index is 13.4. The van der Waals surface area contributed by atoms with Crippen LogP contribution in [-0.2, 0) is 6.54 Å². The Labute approximate surface area is 119 Å². The Bertz CT molecular complexity index is 613. The summed E-state index contributed by atoms with van der Waals surface area (Å²) in [4.78, 5) is 11.9. The first-order valence-corrected chi connectivity index (χ1v) is 6.65. The molecule has 2 aromatic carbocycles. The minimum Gasteiger partial charge on any atom is -0.348 e. The van der Waals surface area contributed by atoms with Gasteiger partial charge in [0.1, 0.15) is 5.82 Å². The van der Waals surface area contributed by atoms with Crippen molar-refractivity contribution in [1.82, 2.24) is 5.32 Å². The zero-order valence-electron chi connectivity index (χ0n) is 10.4. The Kier molecular flexibility index (Phi) is 4.32. The summed E-state index contributed by atoms with van der Waals surface area (Å²) < 4.78 is 14.3. The van der Waals surface area contributed by atoms with E-state index in [-0.39, 0.29) is 11.7 Å². The van der Waals surface area contributed by atoms with Crippen LogP contribution >= 0.6 is 15.9 Å². The first-order valence-electron chi connectivity index (χ1n) is 5.85. The third kappa shape index (κ3) is 3.41. The van der Waals surface area contributed by atoms with Crippen molar-refractivity contribution in [2.24, 2.45) is 0 Å². The van der Waals surface area contributed by atoms with Crippen LogP contribution in [0.15, 0.2) is 46.9 Å². The van der Waals surface area contributed by atoms with E-state index in [1.54, 1.807) is 19.1 Å². The predicted octanol–water partition coefficient (Wildman–Crippen LogP) is 3.83. The summed E-state index contributed by atoms with van der Waals surface area (Å²) in [7, 11) is 0. The van der Waals surface area contributed by atoms with Gasteiger partial charge in [-0.25, -0.2) is 4.39 Å². The molecule has 0 fully saturated rings. The molecular weight excluding hydrogens is 309 g/mol. The van der Waals surface area contributed by atoms with Gasteiger partial charge >= 0.3 is 0 Å². The van der Waals surface area contributed by atoms with Crippen molar-refractivity contribution in [2.75, 3.05) is 0 Å². The molecule has 0 spiro atoms. The van der Waals surface area contributed by atoms with Crippen LogP contribution < -0.4 is 5.32 Å². The second-order valence-corrected chi connectivity index (χ2v) is 5.09. The molecule has 0 saturated heterocycles. The Morgan fingerprint density at radius 3 is 2.68 bits per heavy atom. The summed E-state index contributed by atoms with van der Waals surface area (Å²) >= 11 is 3.41. The van der Waals surface area contributed by atoms with Crippen LogP contribution in [0.4, 0.5) is 4.39 Å². The molecule has 2 rings (SSSR count). The number of amides is 1. The lowest BCUT2D eigenvalue weighted by Crippen LogP contribution is -2.23. The molecule has 19 heavy (non-hydrogen) atoms. The largest absolute Gasteiger partial charge is 0.348 e. The van der Waals surface area contributed by atoms with E-state index in [1.807, 2.05) is 24.3 Å². The van der Waals surface area contributed by atoms with Crippen LogP contribution in [-0.4, -0.2) is 5.91 Å². The lowest BCUT2D eigenvalue weighted by molar-refractivity contribution is 0.0950. The Hall–Kier alpha value is -1.68. The van der Waals surface area contributed by atoms with Gasteiger partial charge in [-0.1, -0.05) is 40.2 Å². The molecule has 0 aliphatic carbocycles. The maximum Gasteiger partial charge on any atom is 0.251 e. The van der Waals surface area contributed by atoms with Crippen molar-refractivity contribution < 1.29 is 9.18 Å². The molecule has 1 amide bonds. The van der Waals surface area contributed by atoms with Crippen LogP contribution in [0.2, 0.25) is 0 Å². The molecule has 0 heterocycles. The van der Waals surface area contributed by atoms with E-state index < -0.39 is 0 Å². The highest BCUT2D eigenvalue weighted by atomic mass is 79.9. The monoisotopic (exact) mass is 321 g/mol. The molecule has 2 nitrogen and oxygen atoms in total. The second-order valence-electron chi connectivity index (χ2n) is 4.24. The number of benzene rings is 2. The van der Waals surface area contributed by atoms with E-state index in [9.17, 15) is 9.18 Å². The molecular formula is C15H13BrFNO. The number of hydrogen-bond donors (Lipinski definition) is 1. The van der Waals surface area contributed by atoms with Gasteiger partial charge in [0.2, 0.25) is 0 Å². The van der Waals surface area contributed by atoms with E-state index >= 15 is 0 Å². The van der Waals surface area contributed by atoms with Crippen molar-refractivity contribution in [3.8, 4) is 0 Å². The summed E-state index contributed by atoms with van der Waals surface area (Å²) in [6.07, 6.45) is 0. The number of nitrogens with one attached hydrogen (secondary N) is 1. The molecule has 0 saturated carbocycles. The van der Waals surface area contributed by atoms with E-state index in [1.165, 1.54) is 6.07 Å². The Morgan fingerprint density at radius 1 is 1.26 bits per heavy atom. The normalized spacial score (nSPS) is 10.3. The number of carbonyl (C=O) groups excluding carboxylic acids is 1. The van der Waals surface area contributed by atoms with E-state index in [2.05, 4.69) is 21.2 Å². The summed E-state index contributed by atoms with van der Waals surface area (Å²) in [5.41, 5.74) is 1.83. The smallest absolute Gasteiger partial charge is 0.251 e. The van der Waals surface area contributed by atoms with Gasteiger partial charge in [-0.2, -0.15) is 0 Å². The van der Waals surface area contributed by atoms with Gasteiger partial charge in [-0.15, -0.1) is 0 Å². The summed E-state index contributed by atoms with van der Waals surface area (Å²) in [5.74, 6) is -0.650. The first-order chi connectivity index (χ1) is 9.08. The van der Waals surface area contributed by atoms with Crippen LogP contribution in [0.5, 0.6) is 0 Å². The number of aryl methyl sites for hydroxylation is 1. The lowest BCUT2D eigenvalue weighted by atomic mass is 10.1. The molecule has 98 valence electrons. The van der Waals surface area contributed by atoms with E-state index in [4.69, 9.17) is 0 Å². The first kappa shape index (κ1) is 13.7. The second kappa shape index (κ2) is 5.97. The fourth-order valence-electron chi connectivity index (χ4n) is 1.65. The highest BCUT2D eigenvalue weighted by Crippen LogP contribution is 2.15. The number of rotatable bonds is 3. The zero-order chi connectivity index (χ0) is 13.8. The third-order valence-corrected chi connectivity index (χ3v) is 3.60. The average Bonchev–Trinajstić information content (AvgIpc) is 2.40. The Morgan fingerprint density at radius 2 is 2.00 bits per heavy atom. The minimum absolute atomic E-state index is 0.283. The van der Waals surface area contributed by atoms with Gasteiger partial charge in [-0.3, -0.25) is 4.79 Å². The fourth-order valence-corrected chi connectivity index (χ4v) is 2.08. The van der Waals surface area contributed by atoms with Gasteiger partial charge in [0.25, 0.3) is 5.91 Å². The Balaban J connectivity index is 2.05. The van der Waals surface area contributed by atoms with E-state index in [0.717, 1.165) is 10.0 Å². The molecule has 0 aliphatic heterocycles. The zero-order valence-corrected chi connectivity index (χ0v) is 12.0. The molecule has 0 unspecified atom stereocenters. The van der Waals surface area contributed by atoms with Crippen molar-refractivity contribution in [1.29, 1.82) is 0 Å². The highest BCUT2D eigenvalue weighted by molar-refractivity contribution is 9.10. The highest BCUT2D eigenvalue weighted by Gasteiger charge is 2.08. The topological polar surface area (TPSA) is 29.1 Å². The van der Waals surface area contributed by atoms with Gasteiger partial charge in [0, 0.05) is 16.6 Å². The molecule has 0 bridgehead atoms. The van der Waals surface area contributed by atoms with Crippen molar-refractivity contribution >= 4 is 21.8 Å². The van der Waals surface area contributed by atoms with E-state index in [0.29, 0.717) is 17.7 Å². The van der Waals surface area contributed by atoms with Crippen molar-refractivity contribution in [3.63, 3.8) is 0 Å². The van der Waals surface area contributed by atoms with Crippen molar-refractivity contribution in [3.05, 3.63) is 69.4 Å². The van der Waals surface area contributed by atoms with Crippen LogP contribution in [0.3, 0.4) is 0 Å². The lowest BCUT2D eigenvalue weighted by Gasteiger charge is -2.07. The van der Waals surface area contributed by atoms with Crippen LogP contribution in [0.25, 0.3) is 0 Å². The van der Waals surface area contributed by atoms with Gasteiger partial charge in [0.05, 0.1) is 0 Å². The summed E-state index contributed by atoms with van der Waals surface area (Å²) in [6, 6.07) is 12.1. The molecule has 0 radical (unpaired) electrons. The summed E-state index contributed by atoms with van der Waals surface area (Å²) in [5, 5.41) is 2.77. The molecule has 4 heteroatoms. The fraction of sp³-hybridized carbons (Fsp3) is 0.133. The number of halogens is 2. The van der Waals surface area contributed by atoms with Crippen LogP contribution in [0, 0.1) is 12.7 Å².